The number of piperazine rings is 1. The summed E-state index contributed by atoms with van der Waals surface area (Å²) in [4.78, 5) is 6.74. The first kappa shape index (κ1) is 11.1. The van der Waals surface area contributed by atoms with Crippen molar-refractivity contribution in [2.24, 2.45) is 0 Å². The van der Waals surface area contributed by atoms with Gasteiger partial charge in [0.15, 0.2) is 0 Å². The second-order valence-electron chi connectivity index (χ2n) is 4.57. The maximum Gasteiger partial charge on any atom is 0.240 e. The number of nitrogens with zero attached hydrogens (tertiary/aromatic N) is 3. The summed E-state index contributed by atoms with van der Waals surface area (Å²) in [6.45, 7) is 5.71. The molecule has 0 saturated carbocycles. The lowest BCUT2D eigenvalue weighted by atomic mass is 10.2. The Bertz CT molecular complexity index is 356. The standard InChI is InChI=1S/C11H18N4O2/c1-2-9(16-7-1)11-13-10(17-14-11)8-15-5-3-12-4-6-15/h9,12H,1-8H2. The molecule has 0 amide bonds. The van der Waals surface area contributed by atoms with Crippen LogP contribution in [0.5, 0.6) is 0 Å². The first-order valence-electron chi connectivity index (χ1n) is 6.29. The van der Waals surface area contributed by atoms with Crippen molar-refractivity contribution in [1.82, 2.24) is 20.4 Å². The number of ether oxygens (including phenoxy) is 1. The molecule has 2 aliphatic rings. The van der Waals surface area contributed by atoms with Gasteiger partial charge in [-0.25, -0.2) is 0 Å². The van der Waals surface area contributed by atoms with Gasteiger partial charge in [0.1, 0.15) is 6.10 Å². The van der Waals surface area contributed by atoms with E-state index < -0.39 is 0 Å². The smallest absolute Gasteiger partial charge is 0.240 e. The van der Waals surface area contributed by atoms with E-state index in [1.165, 1.54) is 0 Å². The Balaban J connectivity index is 1.59. The molecule has 1 aromatic heterocycles. The van der Waals surface area contributed by atoms with Crippen LogP contribution in [-0.4, -0.2) is 47.8 Å². The third-order valence-corrected chi connectivity index (χ3v) is 3.27. The van der Waals surface area contributed by atoms with Crippen LogP contribution in [0.1, 0.15) is 30.7 Å². The molecule has 3 rings (SSSR count). The molecule has 94 valence electrons. The summed E-state index contributed by atoms with van der Waals surface area (Å²) in [6, 6.07) is 0. The first-order valence-corrected chi connectivity index (χ1v) is 6.29. The summed E-state index contributed by atoms with van der Waals surface area (Å²) in [5, 5.41) is 7.33. The van der Waals surface area contributed by atoms with Gasteiger partial charge in [0.05, 0.1) is 6.54 Å². The molecule has 0 aromatic carbocycles. The van der Waals surface area contributed by atoms with Crippen molar-refractivity contribution < 1.29 is 9.26 Å². The second-order valence-corrected chi connectivity index (χ2v) is 4.57. The van der Waals surface area contributed by atoms with Crippen LogP contribution in [0.2, 0.25) is 0 Å². The minimum atomic E-state index is 0.0514. The molecule has 17 heavy (non-hydrogen) atoms. The molecule has 0 bridgehead atoms. The Hall–Kier alpha value is -0.980. The van der Waals surface area contributed by atoms with Crippen molar-refractivity contribution in [2.75, 3.05) is 32.8 Å². The third kappa shape index (κ3) is 2.65. The van der Waals surface area contributed by atoms with E-state index in [9.17, 15) is 0 Å². The fourth-order valence-electron chi connectivity index (χ4n) is 2.30. The summed E-state index contributed by atoms with van der Waals surface area (Å²) in [7, 11) is 0. The second kappa shape index (κ2) is 5.12. The summed E-state index contributed by atoms with van der Waals surface area (Å²) in [6.07, 6.45) is 2.15. The van der Waals surface area contributed by atoms with Gasteiger partial charge in [-0.15, -0.1) is 0 Å². The molecule has 6 heteroatoms. The van der Waals surface area contributed by atoms with Gasteiger partial charge in [0.25, 0.3) is 0 Å². The Morgan fingerprint density at radius 1 is 1.35 bits per heavy atom. The molecule has 1 aromatic rings. The molecular weight excluding hydrogens is 220 g/mol. The zero-order valence-electron chi connectivity index (χ0n) is 9.89. The fraction of sp³-hybridized carbons (Fsp3) is 0.818. The molecular formula is C11H18N4O2. The molecule has 0 radical (unpaired) electrons. The van der Waals surface area contributed by atoms with Crippen LogP contribution >= 0.6 is 0 Å². The van der Waals surface area contributed by atoms with Gasteiger partial charge in [-0.2, -0.15) is 4.98 Å². The summed E-state index contributed by atoms with van der Waals surface area (Å²) in [5.41, 5.74) is 0. The first-order chi connectivity index (χ1) is 8.42. The van der Waals surface area contributed by atoms with Crippen LogP contribution in [0.25, 0.3) is 0 Å². The Morgan fingerprint density at radius 3 is 3.00 bits per heavy atom. The predicted molar refractivity (Wildman–Crippen MR) is 60.4 cm³/mol. The molecule has 6 nitrogen and oxygen atoms in total. The predicted octanol–water partition coefficient (Wildman–Crippen LogP) is 0.326. The Morgan fingerprint density at radius 2 is 2.24 bits per heavy atom. The normalized spacial score (nSPS) is 26.5. The molecule has 0 aliphatic carbocycles. The quantitative estimate of drug-likeness (QED) is 0.818. The number of nitrogens with one attached hydrogen (secondary N) is 1. The van der Waals surface area contributed by atoms with Gasteiger partial charge in [-0.1, -0.05) is 5.16 Å². The highest BCUT2D eigenvalue weighted by atomic mass is 16.5. The van der Waals surface area contributed by atoms with Gasteiger partial charge in [0, 0.05) is 32.8 Å². The lowest BCUT2D eigenvalue weighted by Crippen LogP contribution is -2.42. The SMILES string of the molecule is C1COC(c2noc(CN3CCNCC3)n2)C1. The van der Waals surface area contributed by atoms with Crippen molar-refractivity contribution in [2.45, 2.75) is 25.5 Å². The zero-order valence-corrected chi connectivity index (χ0v) is 9.89. The van der Waals surface area contributed by atoms with Gasteiger partial charge < -0.3 is 14.6 Å². The van der Waals surface area contributed by atoms with E-state index in [2.05, 4.69) is 20.4 Å². The molecule has 2 saturated heterocycles. The lowest BCUT2D eigenvalue weighted by Gasteiger charge is -2.25. The highest BCUT2D eigenvalue weighted by Crippen LogP contribution is 2.26. The topological polar surface area (TPSA) is 63.4 Å². The summed E-state index contributed by atoms with van der Waals surface area (Å²) < 4.78 is 10.8. The van der Waals surface area contributed by atoms with E-state index in [4.69, 9.17) is 9.26 Å². The maximum absolute atomic E-state index is 5.53. The number of hydrogen-bond donors (Lipinski definition) is 1. The lowest BCUT2D eigenvalue weighted by molar-refractivity contribution is 0.103. The van der Waals surface area contributed by atoms with Crippen LogP contribution in [0.4, 0.5) is 0 Å². The van der Waals surface area contributed by atoms with Gasteiger partial charge in [0.2, 0.25) is 11.7 Å². The average molecular weight is 238 g/mol. The van der Waals surface area contributed by atoms with Crippen molar-refractivity contribution >= 4 is 0 Å². The number of rotatable bonds is 3. The van der Waals surface area contributed by atoms with E-state index in [1.54, 1.807) is 0 Å². The fourth-order valence-corrected chi connectivity index (χ4v) is 2.30. The van der Waals surface area contributed by atoms with Crippen molar-refractivity contribution in [3.05, 3.63) is 11.7 Å². The van der Waals surface area contributed by atoms with Crippen LogP contribution in [0.3, 0.4) is 0 Å². The zero-order chi connectivity index (χ0) is 11.5. The number of aromatic nitrogens is 2. The van der Waals surface area contributed by atoms with Crippen molar-refractivity contribution in [3.8, 4) is 0 Å². The van der Waals surface area contributed by atoms with Crippen LogP contribution < -0.4 is 5.32 Å². The highest BCUT2D eigenvalue weighted by molar-refractivity contribution is 4.93. The summed E-state index contributed by atoms with van der Waals surface area (Å²) in [5.74, 6) is 1.42. The van der Waals surface area contributed by atoms with Crippen LogP contribution in [-0.2, 0) is 11.3 Å². The van der Waals surface area contributed by atoms with E-state index in [0.717, 1.165) is 52.2 Å². The molecule has 2 aliphatic heterocycles. The average Bonchev–Trinajstić information content (AvgIpc) is 3.00. The molecule has 1 N–H and O–H groups in total. The molecule has 2 fully saturated rings. The minimum absolute atomic E-state index is 0.0514. The summed E-state index contributed by atoms with van der Waals surface area (Å²) >= 11 is 0. The minimum Gasteiger partial charge on any atom is -0.370 e. The Kier molecular flexibility index (Phi) is 3.35. The molecule has 1 unspecified atom stereocenters. The largest absolute Gasteiger partial charge is 0.370 e. The molecule has 3 heterocycles. The van der Waals surface area contributed by atoms with E-state index in [1.807, 2.05) is 0 Å². The number of hydrogen-bond acceptors (Lipinski definition) is 6. The monoisotopic (exact) mass is 238 g/mol. The maximum atomic E-state index is 5.53. The van der Waals surface area contributed by atoms with Gasteiger partial charge in [-0.3, -0.25) is 4.90 Å². The van der Waals surface area contributed by atoms with E-state index in [0.29, 0.717) is 11.7 Å². The van der Waals surface area contributed by atoms with E-state index >= 15 is 0 Å². The van der Waals surface area contributed by atoms with Gasteiger partial charge >= 0.3 is 0 Å². The van der Waals surface area contributed by atoms with Crippen molar-refractivity contribution in [1.29, 1.82) is 0 Å². The molecule has 1 atom stereocenters. The van der Waals surface area contributed by atoms with Crippen LogP contribution in [0, 0.1) is 0 Å². The van der Waals surface area contributed by atoms with Crippen molar-refractivity contribution in [3.63, 3.8) is 0 Å². The molecule has 0 spiro atoms. The third-order valence-electron chi connectivity index (χ3n) is 3.27. The van der Waals surface area contributed by atoms with Gasteiger partial charge in [-0.05, 0) is 12.8 Å². The Labute approximate surface area is 100 Å². The van der Waals surface area contributed by atoms with E-state index in [-0.39, 0.29) is 6.10 Å². The highest BCUT2D eigenvalue weighted by Gasteiger charge is 2.23. The van der Waals surface area contributed by atoms with Crippen LogP contribution in [0.15, 0.2) is 4.52 Å².